The molecule has 118 valence electrons. The van der Waals surface area contributed by atoms with Crippen molar-refractivity contribution in [2.24, 2.45) is 22.7 Å². The number of hydrogen-bond donors (Lipinski definition) is 4. The first kappa shape index (κ1) is 15.0. The van der Waals surface area contributed by atoms with Gasteiger partial charge in [-0.1, -0.05) is 6.07 Å². The van der Waals surface area contributed by atoms with E-state index >= 15 is 0 Å². The largest absolute Gasteiger partial charge is 0.341 e. The van der Waals surface area contributed by atoms with Gasteiger partial charge in [0.2, 0.25) is 5.95 Å². The van der Waals surface area contributed by atoms with Crippen molar-refractivity contribution in [2.75, 3.05) is 18.0 Å². The van der Waals surface area contributed by atoms with E-state index in [0.717, 1.165) is 4.88 Å². The Hall–Kier alpha value is -2.90. The molecule has 0 spiro atoms. The number of anilines is 1. The van der Waals surface area contributed by atoms with Crippen LogP contribution < -0.4 is 27.6 Å². The Morgan fingerprint density at radius 1 is 1.61 bits per heavy atom. The molecule has 1 fully saturated rings. The summed E-state index contributed by atoms with van der Waals surface area (Å²) < 4.78 is 0. The molecule has 23 heavy (non-hydrogen) atoms. The van der Waals surface area contributed by atoms with Crippen molar-refractivity contribution in [3.8, 4) is 16.6 Å². The zero-order valence-corrected chi connectivity index (χ0v) is 12.8. The third-order valence-electron chi connectivity index (χ3n) is 3.63. The minimum Gasteiger partial charge on any atom is -0.341 e. The fraction of sp³-hybridized carbons (Fsp3) is 0.231. The van der Waals surface area contributed by atoms with Crippen LogP contribution in [-0.4, -0.2) is 28.9 Å². The van der Waals surface area contributed by atoms with Gasteiger partial charge in [0, 0.05) is 13.1 Å². The van der Waals surface area contributed by atoms with Gasteiger partial charge in [0.05, 0.1) is 10.8 Å². The molecule has 3 rings (SSSR count). The monoisotopic (exact) mass is 330 g/mol. The number of amidine groups is 1. The number of H-pyrrole nitrogens is 1. The summed E-state index contributed by atoms with van der Waals surface area (Å²) in [6, 6.07) is 5.59. The maximum absolute atomic E-state index is 12.1. The summed E-state index contributed by atoms with van der Waals surface area (Å²) in [6.45, 7) is 1.14. The lowest BCUT2D eigenvalue weighted by atomic mass is 9.99. The number of aromatic amines is 1. The molecular weight excluding hydrogens is 316 g/mol. The average Bonchev–Trinajstić information content (AvgIpc) is 3.03. The van der Waals surface area contributed by atoms with Gasteiger partial charge in [-0.3, -0.25) is 9.78 Å². The highest BCUT2D eigenvalue weighted by Gasteiger charge is 2.33. The standard InChI is InChI=1S/C13H14N8OS/c14-4-8-10(9-2-1-3-23-9)17-13(18-12(8)22)21-5-7(6-21)11(19-15)20-16/h1-3,7H,5-6,15-16H2,(H,19,20)(H,17,18,22). The number of thiophene rings is 1. The molecule has 6 N–H and O–H groups in total. The van der Waals surface area contributed by atoms with Gasteiger partial charge < -0.3 is 16.2 Å². The highest BCUT2D eigenvalue weighted by atomic mass is 32.1. The van der Waals surface area contributed by atoms with Crippen LogP contribution in [0.1, 0.15) is 5.56 Å². The number of rotatable bonds is 3. The maximum atomic E-state index is 12.1. The summed E-state index contributed by atoms with van der Waals surface area (Å²) in [6.07, 6.45) is 0. The Kier molecular flexibility index (Phi) is 3.96. The second kappa shape index (κ2) is 6.07. The van der Waals surface area contributed by atoms with Gasteiger partial charge in [-0.05, 0) is 11.4 Å². The minimum absolute atomic E-state index is 0.0149. The van der Waals surface area contributed by atoms with Gasteiger partial charge in [-0.2, -0.15) is 10.4 Å². The normalized spacial score (nSPS) is 15.1. The Balaban J connectivity index is 1.92. The predicted molar refractivity (Wildman–Crippen MR) is 87.5 cm³/mol. The molecule has 0 saturated carbocycles. The van der Waals surface area contributed by atoms with Crippen LogP contribution in [-0.2, 0) is 0 Å². The Bertz CT molecular complexity index is 829. The number of nitrogens with zero attached hydrogens (tertiary/aromatic N) is 4. The summed E-state index contributed by atoms with van der Waals surface area (Å²) in [7, 11) is 0. The fourth-order valence-corrected chi connectivity index (χ4v) is 3.11. The lowest BCUT2D eigenvalue weighted by Crippen LogP contribution is -2.56. The van der Waals surface area contributed by atoms with Crippen LogP contribution >= 0.6 is 11.3 Å². The Labute approximate surface area is 135 Å². The van der Waals surface area contributed by atoms with Crippen molar-refractivity contribution < 1.29 is 0 Å². The van der Waals surface area contributed by atoms with Crippen LogP contribution in [0.2, 0.25) is 0 Å². The summed E-state index contributed by atoms with van der Waals surface area (Å²) in [4.78, 5) is 21.9. The van der Waals surface area contributed by atoms with Crippen LogP contribution in [0.3, 0.4) is 0 Å². The molecule has 9 nitrogen and oxygen atoms in total. The molecule has 3 heterocycles. The number of nitrogens with two attached hydrogens (primary N) is 2. The van der Waals surface area contributed by atoms with Gasteiger partial charge in [0.1, 0.15) is 23.2 Å². The molecule has 0 atom stereocenters. The number of hydrogen-bond acceptors (Lipinski definition) is 8. The number of hydrazone groups is 1. The van der Waals surface area contributed by atoms with E-state index in [-0.39, 0.29) is 11.5 Å². The van der Waals surface area contributed by atoms with E-state index in [1.54, 1.807) is 0 Å². The zero-order chi connectivity index (χ0) is 16.4. The van der Waals surface area contributed by atoms with Gasteiger partial charge in [-0.25, -0.2) is 10.8 Å². The summed E-state index contributed by atoms with van der Waals surface area (Å²) in [5, 5.41) is 14.7. The SMILES string of the molecule is N#Cc1c(-c2cccs2)nc(N2CC(/C(=N/N)NN)C2)[nH]c1=O. The van der Waals surface area contributed by atoms with Gasteiger partial charge in [0.15, 0.2) is 0 Å². The van der Waals surface area contributed by atoms with Crippen LogP contribution in [0.5, 0.6) is 0 Å². The van der Waals surface area contributed by atoms with E-state index in [2.05, 4.69) is 20.5 Å². The highest BCUT2D eigenvalue weighted by molar-refractivity contribution is 7.13. The molecule has 0 aliphatic carbocycles. The van der Waals surface area contributed by atoms with E-state index in [0.29, 0.717) is 30.6 Å². The van der Waals surface area contributed by atoms with Crippen molar-refractivity contribution in [1.82, 2.24) is 15.4 Å². The van der Waals surface area contributed by atoms with Crippen molar-refractivity contribution in [3.63, 3.8) is 0 Å². The summed E-state index contributed by atoms with van der Waals surface area (Å²) in [5.41, 5.74) is 2.42. The van der Waals surface area contributed by atoms with Crippen molar-refractivity contribution in [3.05, 3.63) is 33.4 Å². The first-order valence-corrected chi connectivity index (χ1v) is 7.63. The summed E-state index contributed by atoms with van der Waals surface area (Å²) in [5.74, 6) is 11.6. The first-order valence-electron chi connectivity index (χ1n) is 6.75. The molecule has 2 aromatic heterocycles. The first-order chi connectivity index (χ1) is 11.2. The van der Waals surface area contributed by atoms with E-state index in [1.165, 1.54) is 11.3 Å². The molecule has 0 bridgehead atoms. The third kappa shape index (κ3) is 2.63. The zero-order valence-electron chi connectivity index (χ0n) is 12.0. The number of nitrogens with one attached hydrogen (secondary N) is 2. The molecule has 1 aliphatic rings. The molecule has 0 radical (unpaired) electrons. The summed E-state index contributed by atoms with van der Waals surface area (Å²) >= 11 is 1.43. The van der Waals surface area contributed by atoms with E-state index in [4.69, 9.17) is 11.7 Å². The minimum atomic E-state index is -0.450. The Morgan fingerprint density at radius 3 is 2.96 bits per heavy atom. The third-order valence-corrected chi connectivity index (χ3v) is 4.50. The molecular formula is C13H14N8OS. The topological polar surface area (TPSA) is 149 Å². The molecule has 0 amide bonds. The quantitative estimate of drug-likeness (QED) is 0.257. The molecule has 1 saturated heterocycles. The van der Waals surface area contributed by atoms with E-state index in [9.17, 15) is 10.1 Å². The lowest BCUT2D eigenvalue weighted by Gasteiger charge is -2.39. The van der Waals surface area contributed by atoms with Crippen LogP contribution in [0.15, 0.2) is 27.4 Å². The van der Waals surface area contributed by atoms with Crippen LogP contribution in [0.25, 0.3) is 10.6 Å². The van der Waals surface area contributed by atoms with E-state index < -0.39 is 5.56 Å². The molecule has 0 aromatic carbocycles. The fourth-order valence-electron chi connectivity index (χ4n) is 2.39. The van der Waals surface area contributed by atoms with Crippen molar-refractivity contribution in [2.45, 2.75) is 0 Å². The molecule has 1 aliphatic heterocycles. The smallest absolute Gasteiger partial charge is 0.270 e. The predicted octanol–water partition coefficient (Wildman–Crippen LogP) is -0.458. The number of aromatic nitrogens is 2. The number of hydrazine groups is 1. The highest BCUT2D eigenvalue weighted by Crippen LogP contribution is 2.27. The molecule has 0 unspecified atom stereocenters. The van der Waals surface area contributed by atoms with Gasteiger partial charge in [0.25, 0.3) is 5.56 Å². The Morgan fingerprint density at radius 2 is 2.39 bits per heavy atom. The lowest BCUT2D eigenvalue weighted by molar-refractivity contribution is 0.497. The van der Waals surface area contributed by atoms with Crippen molar-refractivity contribution >= 4 is 23.1 Å². The average molecular weight is 330 g/mol. The van der Waals surface area contributed by atoms with Crippen molar-refractivity contribution in [1.29, 1.82) is 5.26 Å². The van der Waals surface area contributed by atoms with Crippen LogP contribution in [0, 0.1) is 17.2 Å². The number of nitriles is 1. The van der Waals surface area contributed by atoms with E-state index in [1.807, 2.05) is 28.5 Å². The van der Waals surface area contributed by atoms with Crippen LogP contribution in [0.4, 0.5) is 5.95 Å². The molecule has 2 aromatic rings. The second-order valence-corrected chi connectivity index (χ2v) is 5.91. The van der Waals surface area contributed by atoms with Gasteiger partial charge >= 0.3 is 0 Å². The molecule has 10 heteroatoms. The second-order valence-electron chi connectivity index (χ2n) is 4.96. The van der Waals surface area contributed by atoms with Gasteiger partial charge in [-0.15, -0.1) is 11.3 Å². The maximum Gasteiger partial charge on any atom is 0.270 e.